The normalized spacial score (nSPS) is 13.6. The Labute approximate surface area is 202 Å². The predicted octanol–water partition coefficient (Wildman–Crippen LogP) is 5.00. The highest BCUT2D eigenvalue weighted by Crippen LogP contribution is 2.34. The molecule has 0 unspecified atom stereocenters. The zero-order chi connectivity index (χ0) is 23.8. The highest BCUT2D eigenvalue weighted by molar-refractivity contribution is 6.34. The highest BCUT2D eigenvalue weighted by Gasteiger charge is 2.21. The fourth-order valence-electron chi connectivity index (χ4n) is 4.38. The fourth-order valence-corrected chi connectivity index (χ4v) is 4.61. The van der Waals surface area contributed by atoms with Crippen molar-refractivity contribution in [2.75, 3.05) is 23.3 Å². The van der Waals surface area contributed by atoms with Crippen LogP contribution in [-0.4, -0.2) is 43.9 Å². The smallest absolute Gasteiger partial charge is 0.338 e. The molecule has 0 spiro atoms. The molecule has 0 amide bonds. The lowest BCUT2D eigenvalue weighted by molar-refractivity contribution is 0.0697. The summed E-state index contributed by atoms with van der Waals surface area (Å²) in [5, 5.41) is 18.3. The number of fused-ring (bicyclic) bond motifs is 1. The number of carbonyl (C=O) groups is 1. The van der Waals surface area contributed by atoms with Crippen LogP contribution in [0.4, 0.5) is 11.5 Å². The van der Waals surface area contributed by atoms with Crippen LogP contribution in [0.2, 0.25) is 5.02 Å². The number of halogens is 1. The van der Waals surface area contributed by atoms with E-state index in [9.17, 15) is 9.90 Å². The Morgan fingerprint density at radius 3 is 2.56 bits per heavy atom. The van der Waals surface area contributed by atoms with Crippen LogP contribution < -0.4 is 10.2 Å². The first-order valence-electron chi connectivity index (χ1n) is 11.2. The zero-order valence-electron chi connectivity index (χ0n) is 19.0. The van der Waals surface area contributed by atoms with E-state index < -0.39 is 5.97 Å². The van der Waals surface area contributed by atoms with Crippen LogP contribution in [0, 0.1) is 13.8 Å². The molecule has 1 aliphatic heterocycles. The Balaban J connectivity index is 1.57. The standard InChI is InChI=1S/C25H25ClN6O2/c1-15-6-5-7-16(2)19(15)13-27-22-10-18-21(11-20(22)26)29-25(30-23(18)31-8-3-4-9-31)32-14-17(12-28-32)24(33)34/h5-7,10-12,14,27H,3-4,8-9,13H2,1-2H3,(H,33,34). The van der Waals surface area contributed by atoms with E-state index in [-0.39, 0.29) is 5.56 Å². The Morgan fingerprint density at radius 1 is 1.15 bits per heavy atom. The first kappa shape index (κ1) is 22.2. The van der Waals surface area contributed by atoms with E-state index >= 15 is 0 Å². The van der Waals surface area contributed by atoms with Crippen molar-refractivity contribution in [1.82, 2.24) is 19.7 Å². The zero-order valence-corrected chi connectivity index (χ0v) is 19.8. The Morgan fingerprint density at radius 2 is 1.88 bits per heavy atom. The van der Waals surface area contributed by atoms with Gasteiger partial charge in [-0.1, -0.05) is 29.8 Å². The van der Waals surface area contributed by atoms with Gasteiger partial charge in [0, 0.05) is 31.2 Å². The number of benzene rings is 2. The summed E-state index contributed by atoms with van der Waals surface area (Å²) >= 11 is 6.67. The van der Waals surface area contributed by atoms with Crippen LogP contribution in [0.5, 0.6) is 0 Å². The van der Waals surface area contributed by atoms with E-state index in [0.29, 0.717) is 23.0 Å². The van der Waals surface area contributed by atoms with E-state index in [0.717, 1.165) is 42.8 Å². The van der Waals surface area contributed by atoms with Crippen molar-refractivity contribution in [2.45, 2.75) is 33.2 Å². The number of carboxylic acids is 1. The summed E-state index contributed by atoms with van der Waals surface area (Å²) in [6.45, 7) is 6.68. The van der Waals surface area contributed by atoms with Gasteiger partial charge in [-0.2, -0.15) is 10.1 Å². The van der Waals surface area contributed by atoms with Crippen LogP contribution in [0.25, 0.3) is 16.9 Å². The van der Waals surface area contributed by atoms with Gasteiger partial charge in [0.15, 0.2) is 0 Å². The van der Waals surface area contributed by atoms with E-state index in [1.165, 1.54) is 33.8 Å². The average Bonchev–Trinajstić information content (AvgIpc) is 3.51. The maximum Gasteiger partial charge on any atom is 0.338 e. The number of hydrogen-bond acceptors (Lipinski definition) is 6. The molecule has 0 aliphatic carbocycles. The molecule has 1 saturated heterocycles. The predicted molar refractivity (Wildman–Crippen MR) is 133 cm³/mol. The number of aromatic nitrogens is 4. The number of rotatable bonds is 6. The molecule has 1 fully saturated rings. The van der Waals surface area contributed by atoms with Gasteiger partial charge in [-0.15, -0.1) is 0 Å². The van der Waals surface area contributed by atoms with Gasteiger partial charge in [0.25, 0.3) is 5.95 Å². The molecule has 2 aromatic heterocycles. The molecule has 0 atom stereocenters. The summed E-state index contributed by atoms with van der Waals surface area (Å²) in [4.78, 5) is 23.0. The van der Waals surface area contributed by atoms with Crippen molar-refractivity contribution < 1.29 is 9.90 Å². The number of hydrogen-bond donors (Lipinski definition) is 2. The minimum absolute atomic E-state index is 0.0792. The van der Waals surface area contributed by atoms with Gasteiger partial charge in [0.05, 0.1) is 28.0 Å². The molecule has 2 aromatic carbocycles. The average molecular weight is 477 g/mol. The molecule has 174 valence electrons. The van der Waals surface area contributed by atoms with Gasteiger partial charge < -0.3 is 15.3 Å². The first-order valence-corrected chi connectivity index (χ1v) is 11.6. The molecule has 9 heteroatoms. The molecule has 3 heterocycles. The summed E-state index contributed by atoms with van der Waals surface area (Å²) in [6.07, 6.45) is 4.90. The number of aryl methyl sites for hydroxylation is 2. The quantitative estimate of drug-likeness (QED) is 0.404. The summed E-state index contributed by atoms with van der Waals surface area (Å²) < 4.78 is 1.39. The van der Waals surface area contributed by atoms with Gasteiger partial charge in [-0.05, 0) is 55.5 Å². The van der Waals surface area contributed by atoms with E-state index in [4.69, 9.17) is 16.6 Å². The first-order chi connectivity index (χ1) is 16.4. The molecule has 0 bridgehead atoms. The van der Waals surface area contributed by atoms with Crippen molar-refractivity contribution in [3.05, 3.63) is 70.0 Å². The maximum absolute atomic E-state index is 11.3. The molecule has 1 aliphatic rings. The molecule has 8 nitrogen and oxygen atoms in total. The second-order valence-corrected chi connectivity index (χ2v) is 9.00. The Bertz CT molecular complexity index is 1370. The molecular formula is C25H25ClN6O2. The van der Waals surface area contributed by atoms with Crippen LogP contribution >= 0.6 is 11.6 Å². The largest absolute Gasteiger partial charge is 0.478 e. The van der Waals surface area contributed by atoms with Gasteiger partial charge in [0.1, 0.15) is 5.82 Å². The number of anilines is 2. The third kappa shape index (κ3) is 4.17. The second-order valence-electron chi connectivity index (χ2n) is 8.59. The number of nitrogens with one attached hydrogen (secondary N) is 1. The molecule has 0 radical (unpaired) electrons. The monoisotopic (exact) mass is 476 g/mol. The van der Waals surface area contributed by atoms with Crippen molar-refractivity contribution in [2.24, 2.45) is 0 Å². The molecule has 34 heavy (non-hydrogen) atoms. The lowest BCUT2D eigenvalue weighted by Crippen LogP contribution is -2.21. The van der Waals surface area contributed by atoms with Crippen LogP contribution in [0.15, 0.2) is 42.7 Å². The van der Waals surface area contributed by atoms with E-state index in [2.05, 4.69) is 52.3 Å². The molecule has 0 saturated carbocycles. The van der Waals surface area contributed by atoms with Crippen molar-refractivity contribution in [1.29, 1.82) is 0 Å². The van der Waals surface area contributed by atoms with Crippen molar-refractivity contribution in [3.63, 3.8) is 0 Å². The Hall–Kier alpha value is -3.65. The third-order valence-electron chi connectivity index (χ3n) is 6.29. The van der Waals surface area contributed by atoms with E-state index in [1.807, 2.05) is 12.1 Å². The van der Waals surface area contributed by atoms with Gasteiger partial charge in [-0.25, -0.2) is 14.5 Å². The SMILES string of the molecule is Cc1cccc(C)c1CNc1cc2c(N3CCCC3)nc(-n3cc(C(=O)O)cn3)nc2cc1Cl. The summed E-state index contributed by atoms with van der Waals surface area (Å²) in [5.74, 6) is 0.0698. The van der Waals surface area contributed by atoms with Gasteiger partial charge >= 0.3 is 5.97 Å². The van der Waals surface area contributed by atoms with E-state index in [1.54, 1.807) is 0 Å². The minimum atomic E-state index is -1.05. The Kier molecular flexibility index (Phi) is 5.83. The lowest BCUT2D eigenvalue weighted by atomic mass is 10.0. The summed E-state index contributed by atoms with van der Waals surface area (Å²) in [7, 11) is 0. The number of nitrogens with zero attached hydrogens (tertiary/aromatic N) is 5. The van der Waals surface area contributed by atoms with Crippen LogP contribution in [0.1, 0.15) is 39.9 Å². The highest BCUT2D eigenvalue weighted by atomic mass is 35.5. The number of carboxylic acid groups (broad SMARTS) is 1. The maximum atomic E-state index is 11.3. The minimum Gasteiger partial charge on any atom is -0.478 e. The van der Waals surface area contributed by atoms with Crippen molar-refractivity contribution in [3.8, 4) is 5.95 Å². The van der Waals surface area contributed by atoms with Crippen LogP contribution in [-0.2, 0) is 6.54 Å². The molecular weight excluding hydrogens is 452 g/mol. The summed E-state index contributed by atoms with van der Waals surface area (Å²) in [6, 6.07) is 10.1. The fraction of sp³-hybridized carbons (Fsp3) is 0.280. The van der Waals surface area contributed by atoms with Gasteiger partial charge in [-0.3, -0.25) is 0 Å². The number of aromatic carboxylic acids is 1. The topological polar surface area (TPSA) is 96.2 Å². The van der Waals surface area contributed by atoms with Crippen LogP contribution in [0.3, 0.4) is 0 Å². The molecule has 5 rings (SSSR count). The third-order valence-corrected chi connectivity index (χ3v) is 6.61. The molecule has 2 N–H and O–H groups in total. The lowest BCUT2D eigenvalue weighted by Gasteiger charge is -2.20. The second kappa shape index (κ2) is 8.95. The van der Waals surface area contributed by atoms with Gasteiger partial charge in [0.2, 0.25) is 0 Å². The summed E-state index contributed by atoms with van der Waals surface area (Å²) in [5.41, 5.74) is 5.29. The molecule has 4 aromatic rings. The van der Waals surface area contributed by atoms with Crippen molar-refractivity contribution >= 4 is 40.0 Å².